The van der Waals surface area contributed by atoms with Gasteiger partial charge in [0.15, 0.2) is 0 Å². The highest BCUT2D eigenvalue weighted by molar-refractivity contribution is 7.13. The molecule has 110 valence electrons. The molecule has 0 unspecified atom stereocenters. The minimum absolute atomic E-state index is 0.871. The maximum atomic E-state index is 4.79. The highest BCUT2D eigenvalue weighted by atomic mass is 32.1. The summed E-state index contributed by atoms with van der Waals surface area (Å²) in [4.78, 5) is 14.6. The van der Waals surface area contributed by atoms with Crippen LogP contribution in [0.3, 0.4) is 0 Å². The first-order valence-electron chi connectivity index (χ1n) is 7.28. The topological polar surface area (TPSA) is 38.7 Å². The van der Waals surface area contributed by atoms with Crippen LogP contribution in [0.5, 0.6) is 0 Å². The number of hydrogen-bond acceptors (Lipinski definition) is 4. The summed E-state index contributed by atoms with van der Waals surface area (Å²) < 4.78 is 0. The molecule has 3 nitrogen and oxygen atoms in total. The Balaban J connectivity index is 1.91. The quantitative estimate of drug-likeness (QED) is 0.538. The molecule has 0 N–H and O–H groups in total. The van der Waals surface area contributed by atoms with Crippen molar-refractivity contribution in [1.82, 2.24) is 15.0 Å². The lowest BCUT2D eigenvalue weighted by Gasteiger charge is -2.08. The molecule has 0 aliphatic rings. The summed E-state index contributed by atoms with van der Waals surface area (Å²) in [6.07, 6.45) is 5.40. The van der Waals surface area contributed by atoms with Crippen molar-refractivity contribution in [1.29, 1.82) is 0 Å². The van der Waals surface area contributed by atoms with Gasteiger partial charge in [-0.2, -0.15) is 0 Å². The van der Waals surface area contributed by atoms with Crippen LogP contribution in [0.4, 0.5) is 0 Å². The third kappa shape index (κ3) is 2.89. The maximum absolute atomic E-state index is 4.79. The molecule has 0 saturated carbocycles. The van der Waals surface area contributed by atoms with Crippen molar-refractivity contribution in [3.63, 3.8) is 0 Å². The molecule has 0 fully saturated rings. The van der Waals surface area contributed by atoms with Crippen molar-refractivity contribution in [3.8, 4) is 33.1 Å². The maximum Gasteiger partial charge on any atom is 0.0900 e. The molecule has 0 atom stereocenters. The second-order valence-electron chi connectivity index (χ2n) is 5.06. The van der Waals surface area contributed by atoms with E-state index in [1.54, 1.807) is 23.7 Å². The third-order valence-electron chi connectivity index (χ3n) is 3.52. The zero-order valence-electron chi connectivity index (χ0n) is 12.3. The number of thiophene rings is 1. The van der Waals surface area contributed by atoms with Crippen LogP contribution in [-0.2, 0) is 0 Å². The standard InChI is InChI=1S/C19H13N3S/c1-2-9-21-16(6-1)18-12-15(19-7-4-10-23-19)11-17(22-18)14-5-3-8-20-13-14/h1-13H. The first-order chi connectivity index (χ1) is 11.4. The molecule has 0 aliphatic heterocycles. The fourth-order valence-electron chi connectivity index (χ4n) is 2.42. The van der Waals surface area contributed by atoms with Crippen LogP contribution in [0.15, 0.2) is 78.6 Å². The van der Waals surface area contributed by atoms with Gasteiger partial charge < -0.3 is 0 Å². The molecule has 0 aliphatic carbocycles. The van der Waals surface area contributed by atoms with Gasteiger partial charge in [-0.15, -0.1) is 11.3 Å². The smallest absolute Gasteiger partial charge is 0.0900 e. The Hall–Kier alpha value is -2.85. The van der Waals surface area contributed by atoms with Gasteiger partial charge >= 0.3 is 0 Å². The average molecular weight is 315 g/mol. The van der Waals surface area contributed by atoms with Crippen molar-refractivity contribution >= 4 is 11.3 Å². The van der Waals surface area contributed by atoms with Crippen molar-refractivity contribution < 1.29 is 0 Å². The summed E-state index contributed by atoms with van der Waals surface area (Å²) in [7, 11) is 0. The Morgan fingerprint density at radius 1 is 0.739 bits per heavy atom. The molecular weight excluding hydrogens is 302 g/mol. The van der Waals surface area contributed by atoms with E-state index in [1.165, 1.54) is 4.88 Å². The molecule has 4 heterocycles. The van der Waals surface area contributed by atoms with E-state index in [-0.39, 0.29) is 0 Å². The largest absolute Gasteiger partial charge is 0.264 e. The van der Waals surface area contributed by atoms with Gasteiger partial charge in [0, 0.05) is 29.0 Å². The van der Waals surface area contributed by atoms with Gasteiger partial charge in [-0.3, -0.25) is 9.97 Å². The van der Waals surface area contributed by atoms with Crippen molar-refractivity contribution in [2.24, 2.45) is 0 Å². The highest BCUT2D eigenvalue weighted by Crippen LogP contribution is 2.31. The van der Waals surface area contributed by atoms with E-state index in [0.29, 0.717) is 0 Å². The van der Waals surface area contributed by atoms with Gasteiger partial charge in [0.25, 0.3) is 0 Å². The minimum Gasteiger partial charge on any atom is -0.264 e. The molecule has 23 heavy (non-hydrogen) atoms. The third-order valence-corrected chi connectivity index (χ3v) is 4.43. The van der Waals surface area contributed by atoms with Crippen LogP contribution in [0.2, 0.25) is 0 Å². The lowest BCUT2D eigenvalue weighted by Crippen LogP contribution is -1.92. The lowest BCUT2D eigenvalue weighted by atomic mass is 10.1. The van der Waals surface area contributed by atoms with E-state index in [4.69, 9.17) is 4.98 Å². The number of rotatable bonds is 3. The zero-order valence-corrected chi connectivity index (χ0v) is 13.1. The Kier molecular flexibility index (Phi) is 3.66. The predicted octanol–water partition coefficient (Wildman–Crippen LogP) is 4.93. The minimum atomic E-state index is 0.871. The summed E-state index contributed by atoms with van der Waals surface area (Å²) in [6, 6.07) is 18.2. The van der Waals surface area contributed by atoms with Gasteiger partial charge in [0.2, 0.25) is 0 Å². The molecule has 4 aromatic rings. The molecule has 0 saturated heterocycles. The SMILES string of the molecule is c1ccc(-c2cc(-c3cccs3)cc(-c3cccnc3)n2)nc1. The van der Waals surface area contributed by atoms with Gasteiger partial charge in [-0.1, -0.05) is 12.1 Å². The normalized spacial score (nSPS) is 10.6. The van der Waals surface area contributed by atoms with Crippen LogP contribution in [0.1, 0.15) is 0 Å². The van der Waals surface area contributed by atoms with Crippen LogP contribution in [0.25, 0.3) is 33.1 Å². The molecule has 4 rings (SSSR count). The summed E-state index contributed by atoms with van der Waals surface area (Å²) >= 11 is 1.72. The number of pyridine rings is 3. The first-order valence-corrected chi connectivity index (χ1v) is 8.16. The average Bonchev–Trinajstić information content (AvgIpc) is 3.18. The van der Waals surface area contributed by atoms with E-state index in [1.807, 2.05) is 36.5 Å². The molecule has 4 heteroatoms. The number of hydrogen-bond donors (Lipinski definition) is 0. The molecule has 0 aromatic carbocycles. The van der Waals surface area contributed by atoms with Crippen LogP contribution in [-0.4, -0.2) is 15.0 Å². The van der Waals surface area contributed by atoms with Crippen LogP contribution < -0.4 is 0 Å². The van der Waals surface area contributed by atoms with Crippen molar-refractivity contribution in [2.75, 3.05) is 0 Å². The van der Waals surface area contributed by atoms with Crippen LogP contribution >= 0.6 is 11.3 Å². The molecule has 0 amide bonds. The summed E-state index contributed by atoms with van der Waals surface area (Å²) in [5, 5.41) is 2.08. The van der Waals surface area contributed by atoms with E-state index in [2.05, 4.69) is 39.6 Å². The number of nitrogens with zero attached hydrogens (tertiary/aromatic N) is 3. The Labute approximate surface area is 138 Å². The molecule has 0 spiro atoms. The monoisotopic (exact) mass is 315 g/mol. The summed E-state index contributed by atoms with van der Waals surface area (Å²) in [6.45, 7) is 0. The second kappa shape index (κ2) is 6.10. The van der Waals surface area contributed by atoms with Gasteiger partial charge in [-0.25, -0.2) is 4.98 Å². The van der Waals surface area contributed by atoms with Gasteiger partial charge in [0.1, 0.15) is 0 Å². The van der Waals surface area contributed by atoms with E-state index in [9.17, 15) is 0 Å². The Morgan fingerprint density at radius 3 is 2.43 bits per heavy atom. The first kappa shape index (κ1) is 13.8. The van der Waals surface area contributed by atoms with Gasteiger partial charge in [-0.05, 0) is 53.4 Å². The van der Waals surface area contributed by atoms with Crippen LogP contribution in [0, 0.1) is 0 Å². The Bertz CT molecular complexity index is 846. The van der Waals surface area contributed by atoms with Crippen molar-refractivity contribution in [3.05, 3.63) is 78.6 Å². The summed E-state index contributed by atoms with van der Waals surface area (Å²) in [5.74, 6) is 0. The fraction of sp³-hybridized carbons (Fsp3) is 0. The lowest BCUT2D eigenvalue weighted by molar-refractivity contribution is 1.24. The second-order valence-corrected chi connectivity index (χ2v) is 6.01. The molecule has 0 bridgehead atoms. The highest BCUT2D eigenvalue weighted by Gasteiger charge is 2.09. The molecule has 0 radical (unpaired) electrons. The van der Waals surface area contributed by atoms with E-state index < -0.39 is 0 Å². The van der Waals surface area contributed by atoms with E-state index >= 15 is 0 Å². The van der Waals surface area contributed by atoms with Crippen molar-refractivity contribution in [2.45, 2.75) is 0 Å². The fourth-order valence-corrected chi connectivity index (χ4v) is 3.14. The van der Waals surface area contributed by atoms with E-state index in [0.717, 1.165) is 28.2 Å². The number of aromatic nitrogens is 3. The Morgan fingerprint density at radius 2 is 1.70 bits per heavy atom. The van der Waals surface area contributed by atoms with Gasteiger partial charge in [0.05, 0.1) is 17.1 Å². The predicted molar refractivity (Wildman–Crippen MR) is 94.0 cm³/mol. The summed E-state index contributed by atoms with van der Waals surface area (Å²) in [5.41, 5.74) is 4.80. The molecular formula is C19H13N3S. The zero-order chi connectivity index (χ0) is 15.5. The molecule has 4 aromatic heterocycles.